The molecule has 0 atom stereocenters. The van der Waals surface area contributed by atoms with Crippen LogP contribution in [0.15, 0.2) is 18.2 Å². The number of ketones is 1. The van der Waals surface area contributed by atoms with Crippen LogP contribution < -0.4 is 0 Å². The Bertz CT molecular complexity index is 342. The van der Waals surface area contributed by atoms with Crippen LogP contribution in [0.25, 0.3) is 0 Å². The number of benzene rings is 1. The minimum absolute atomic E-state index is 0.0959. The molecule has 0 aliphatic rings. The normalized spacial score (nSPS) is 10.3. The van der Waals surface area contributed by atoms with E-state index in [2.05, 4.69) is 19.9 Å². The second-order valence-corrected chi connectivity index (χ2v) is 3.96. The molecule has 0 saturated heterocycles. The van der Waals surface area contributed by atoms with Gasteiger partial charge in [-0.05, 0) is 37.0 Å². The number of carbonyl (C=O) groups is 1. The molecule has 1 aromatic carbocycles. The number of aliphatic hydroxyl groups is 1. The Hall–Kier alpha value is -1.15. The van der Waals surface area contributed by atoms with Crippen molar-refractivity contribution in [1.29, 1.82) is 0 Å². The Morgan fingerprint density at radius 2 is 2.00 bits per heavy atom. The van der Waals surface area contributed by atoms with Crippen molar-refractivity contribution >= 4 is 5.78 Å². The van der Waals surface area contributed by atoms with Crippen LogP contribution in [0, 0.1) is 13.8 Å². The lowest BCUT2D eigenvalue weighted by molar-refractivity contribution is -0.118. The van der Waals surface area contributed by atoms with Gasteiger partial charge < -0.3 is 5.11 Å². The Morgan fingerprint density at radius 1 is 1.27 bits per heavy atom. The topological polar surface area (TPSA) is 37.3 Å². The van der Waals surface area contributed by atoms with Gasteiger partial charge in [0.15, 0.2) is 0 Å². The van der Waals surface area contributed by atoms with Crippen LogP contribution >= 0.6 is 0 Å². The minimum atomic E-state index is 0.0959. The number of aliphatic hydroxyl groups excluding tert-OH is 1. The molecule has 2 heteroatoms. The van der Waals surface area contributed by atoms with Gasteiger partial charge in [-0.25, -0.2) is 0 Å². The van der Waals surface area contributed by atoms with E-state index >= 15 is 0 Å². The first kappa shape index (κ1) is 11.9. The number of hydrogen-bond donors (Lipinski definition) is 1. The van der Waals surface area contributed by atoms with E-state index in [1.165, 1.54) is 11.1 Å². The predicted octanol–water partition coefficient (Wildman–Crippen LogP) is 2.19. The second-order valence-electron chi connectivity index (χ2n) is 3.96. The molecule has 0 bridgehead atoms. The maximum Gasteiger partial charge on any atom is 0.137 e. The standard InChI is InChI=1S/C13H18O2/c1-10-5-6-12(8-11(10)2)9-13(15)4-3-7-14/h5-6,8,14H,3-4,7,9H2,1-2H3. The molecule has 2 nitrogen and oxygen atoms in total. The lowest BCUT2D eigenvalue weighted by Gasteiger charge is -2.04. The van der Waals surface area contributed by atoms with Crippen molar-refractivity contribution in [1.82, 2.24) is 0 Å². The van der Waals surface area contributed by atoms with E-state index in [-0.39, 0.29) is 12.4 Å². The molecule has 0 spiro atoms. The molecule has 0 aromatic heterocycles. The van der Waals surface area contributed by atoms with Gasteiger partial charge in [-0.2, -0.15) is 0 Å². The second kappa shape index (κ2) is 5.66. The number of rotatable bonds is 5. The SMILES string of the molecule is Cc1ccc(CC(=O)CCCO)cc1C. The Morgan fingerprint density at radius 3 is 2.60 bits per heavy atom. The van der Waals surface area contributed by atoms with Crippen molar-refractivity contribution in [2.24, 2.45) is 0 Å². The summed E-state index contributed by atoms with van der Waals surface area (Å²) in [5.41, 5.74) is 3.55. The summed E-state index contributed by atoms with van der Waals surface area (Å²) >= 11 is 0. The Labute approximate surface area is 90.9 Å². The van der Waals surface area contributed by atoms with E-state index in [4.69, 9.17) is 5.11 Å². The Balaban J connectivity index is 2.57. The van der Waals surface area contributed by atoms with Crippen molar-refractivity contribution in [3.8, 4) is 0 Å². The first-order valence-electron chi connectivity index (χ1n) is 5.32. The zero-order chi connectivity index (χ0) is 11.3. The average Bonchev–Trinajstić information content (AvgIpc) is 2.20. The van der Waals surface area contributed by atoms with Crippen LogP contribution in [0.5, 0.6) is 0 Å². The molecule has 0 aliphatic carbocycles. The molecule has 15 heavy (non-hydrogen) atoms. The van der Waals surface area contributed by atoms with Gasteiger partial charge >= 0.3 is 0 Å². The first-order valence-corrected chi connectivity index (χ1v) is 5.32. The molecule has 1 aromatic rings. The number of Topliss-reactive ketones (excluding diaryl/α,β-unsaturated/α-hetero) is 1. The third-order valence-corrected chi connectivity index (χ3v) is 2.59. The quantitative estimate of drug-likeness (QED) is 0.801. The summed E-state index contributed by atoms with van der Waals surface area (Å²) in [4.78, 5) is 11.5. The highest BCUT2D eigenvalue weighted by Gasteiger charge is 2.04. The van der Waals surface area contributed by atoms with Crippen LogP contribution in [0.2, 0.25) is 0 Å². The number of aryl methyl sites for hydroxylation is 2. The fourth-order valence-electron chi connectivity index (χ4n) is 1.51. The molecule has 0 fully saturated rings. The van der Waals surface area contributed by atoms with E-state index in [0.29, 0.717) is 19.3 Å². The van der Waals surface area contributed by atoms with Gasteiger partial charge in [-0.1, -0.05) is 18.2 Å². The van der Waals surface area contributed by atoms with Crippen LogP contribution in [0.4, 0.5) is 0 Å². The zero-order valence-electron chi connectivity index (χ0n) is 9.42. The molecule has 1 rings (SSSR count). The summed E-state index contributed by atoms with van der Waals surface area (Å²) in [5, 5.41) is 8.61. The molecule has 0 radical (unpaired) electrons. The highest BCUT2D eigenvalue weighted by molar-refractivity contribution is 5.80. The lowest BCUT2D eigenvalue weighted by Crippen LogP contribution is -2.04. The third-order valence-electron chi connectivity index (χ3n) is 2.59. The van der Waals surface area contributed by atoms with Crippen molar-refractivity contribution in [2.45, 2.75) is 33.1 Å². The molecular weight excluding hydrogens is 188 g/mol. The molecule has 0 heterocycles. The van der Waals surface area contributed by atoms with E-state index < -0.39 is 0 Å². The van der Waals surface area contributed by atoms with Gasteiger partial charge in [0.05, 0.1) is 0 Å². The molecule has 0 aliphatic heterocycles. The van der Waals surface area contributed by atoms with Gasteiger partial charge in [-0.15, -0.1) is 0 Å². The highest BCUT2D eigenvalue weighted by atomic mass is 16.3. The summed E-state index contributed by atoms with van der Waals surface area (Å²) in [7, 11) is 0. The van der Waals surface area contributed by atoms with Gasteiger partial charge in [0, 0.05) is 19.4 Å². The van der Waals surface area contributed by atoms with Crippen molar-refractivity contribution in [3.63, 3.8) is 0 Å². The van der Waals surface area contributed by atoms with Crippen molar-refractivity contribution in [2.75, 3.05) is 6.61 Å². The van der Waals surface area contributed by atoms with Crippen molar-refractivity contribution in [3.05, 3.63) is 34.9 Å². The third kappa shape index (κ3) is 3.84. The van der Waals surface area contributed by atoms with Gasteiger partial charge in [0.25, 0.3) is 0 Å². The monoisotopic (exact) mass is 206 g/mol. The summed E-state index contributed by atoms with van der Waals surface area (Å²) < 4.78 is 0. The fraction of sp³-hybridized carbons (Fsp3) is 0.462. The summed E-state index contributed by atoms with van der Waals surface area (Å²) in [6.45, 7) is 4.21. The minimum Gasteiger partial charge on any atom is -0.396 e. The molecular formula is C13H18O2. The molecule has 1 N–H and O–H groups in total. The van der Waals surface area contributed by atoms with Gasteiger partial charge in [0.2, 0.25) is 0 Å². The number of hydrogen-bond acceptors (Lipinski definition) is 2. The first-order chi connectivity index (χ1) is 7.13. The molecule has 82 valence electrons. The molecule has 0 saturated carbocycles. The maximum absolute atomic E-state index is 11.5. The van der Waals surface area contributed by atoms with Crippen molar-refractivity contribution < 1.29 is 9.90 Å². The largest absolute Gasteiger partial charge is 0.396 e. The van der Waals surface area contributed by atoms with Gasteiger partial charge in [-0.3, -0.25) is 4.79 Å². The van der Waals surface area contributed by atoms with E-state index in [0.717, 1.165) is 5.56 Å². The smallest absolute Gasteiger partial charge is 0.137 e. The fourth-order valence-corrected chi connectivity index (χ4v) is 1.51. The summed E-state index contributed by atoms with van der Waals surface area (Å²) in [6.07, 6.45) is 1.54. The van der Waals surface area contributed by atoms with Crippen LogP contribution in [-0.2, 0) is 11.2 Å². The van der Waals surface area contributed by atoms with Crippen LogP contribution in [-0.4, -0.2) is 17.5 Å². The maximum atomic E-state index is 11.5. The summed E-state index contributed by atoms with van der Waals surface area (Å²) in [6, 6.07) is 6.11. The zero-order valence-corrected chi connectivity index (χ0v) is 9.42. The highest BCUT2D eigenvalue weighted by Crippen LogP contribution is 2.11. The molecule has 0 amide bonds. The van der Waals surface area contributed by atoms with Crippen LogP contribution in [0.3, 0.4) is 0 Å². The summed E-state index contributed by atoms with van der Waals surface area (Å²) in [5.74, 6) is 0.201. The average molecular weight is 206 g/mol. The predicted molar refractivity (Wildman–Crippen MR) is 60.9 cm³/mol. The van der Waals surface area contributed by atoms with E-state index in [1.54, 1.807) is 0 Å². The van der Waals surface area contributed by atoms with Gasteiger partial charge in [0.1, 0.15) is 5.78 Å². The van der Waals surface area contributed by atoms with E-state index in [1.807, 2.05) is 12.1 Å². The van der Waals surface area contributed by atoms with Crippen LogP contribution in [0.1, 0.15) is 29.5 Å². The number of carbonyl (C=O) groups excluding carboxylic acids is 1. The van der Waals surface area contributed by atoms with E-state index in [9.17, 15) is 4.79 Å². The Kier molecular flexibility index (Phi) is 4.50. The lowest BCUT2D eigenvalue weighted by atomic mass is 10.0. The molecule has 0 unspecified atom stereocenters.